The first-order chi connectivity index (χ1) is 13.5. The summed E-state index contributed by atoms with van der Waals surface area (Å²) >= 11 is 0. The number of nitrogen functional groups attached to an aromatic ring is 1. The SMILES string of the molecule is Nc1ccc(-c2cccnc2)nc1CC(=O)N1Cc2cnc(C(F)F)cc2C1. The summed E-state index contributed by atoms with van der Waals surface area (Å²) in [4.78, 5) is 26.7. The molecule has 1 amide bonds. The number of halogens is 2. The molecular weight excluding hydrogens is 364 g/mol. The van der Waals surface area contributed by atoms with Gasteiger partial charge in [0.05, 0.1) is 23.5 Å². The number of alkyl halides is 2. The van der Waals surface area contributed by atoms with Crippen LogP contribution in [0.5, 0.6) is 0 Å². The van der Waals surface area contributed by atoms with Gasteiger partial charge in [0.25, 0.3) is 6.43 Å². The first-order valence-corrected chi connectivity index (χ1v) is 8.70. The fraction of sp³-hybridized carbons (Fsp3) is 0.200. The maximum atomic E-state index is 12.8. The van der Waals surface area contributed by atoms with Crippen LogP contribution in [0.1, 0.15) is 28.9 Å². The first kappa shape index (κ1) is 18.0. The lowest BCUT2D eigenvalue weighted by Gasteiger charge is -2.16. The van der Waals surface area contributed by atoms with Gasteiger partial charge in [0.15, 0.2) is 0 Å². The highest BCUT2D eigenvalue weighted by atomic mass is 19.3. The Morgan fingerprint density at radius 2 is 2.00 bits per heavy atom. The zero-order chi connectivity index (χ0) is 19.7. The van der Waals surface area contributed by atoms with Crippen molar-refractivity contribution in [1.82, 2.24) is 19.9 Å². The number of hydrogen-bond donors (Lipinski definition) is 1. The van der Waals surface area contributed by atoms with E-state index in [0.29, 0.717) is 29.2 Å². The fourth-order valence-corrected chi connectivity index (χ4v) is 3.18. The Labute approximate surface area is 160 Å². The first-order valence-electron chi connectivity index (χ1n) is 8.70. The Balaban J connectivity index is 1.51. The Bertz CT molecular complexity index is 1030. The minimum atomic E-state index is -2.63. The van der Waals surface area contributed by atoms with Gasteiger partial charge in [0, 0.05) is 37.2 Å². The molecule has 1 aliphatic rings. The average molecular weight is 381 g/mol. The zero-order valence-corrected chi connectivity index (χ0v) is 14.8. The Kier molecular flexibility index (Phi) is 4.68. The topological polar surface area (TPSA) is 85.0 Å². The lowest BCUT2D eigenvalue weighted by atomic mass is 10.1. The van der Waals surface area contributed by atoms with Crippen LogP contribution in [-0.4, -0.2) is 25.8 Å². The van der Waals surface area contributed by atoms with Crippen molar-refractivity contribution >= 4 is 11.6 Å². The van der Waals surface area contributed by atoms with Crippen LogP contribution in [0, 0.1) is 0 Å². The smallest absolute Gasteiger partial charge is 0.280 e. The second kappa shape index (κ2) is 7.30. The van der Waals surface area contributed by atoms with E-state index in [1.807, 2.05) is 6.07 Å². The molecule has 0 saturated heterocycles. The summed E-state index contributed by atoms with van der Waals surface area (Å²) in [5.41, 5.74) is 9.63. The van der Waals surface area contributed by atoms with E-state index in [1.54, 1.807) is 35.5 Å². The van der Waals surface area contributed by atoms with Crippen LogP contribution in [-0.2, 0) is 24.3 Å². The van der Waals surface area contributed by atoms with Gasteiger partial charge in [0.1, 0.15) is 5.69 Å². The molecule has 0 unspecified atom stereocenters. The quantitative estimate of drug-likeness (QED) is 0.750. The van der Waals surface area contributed by atoms with Crippen LogP contribution >= 0.6 is 0 Å². The molecular formula is C20H17F2N5O. The van der Waals surface area contributed by atoms with Gasteiger partial charge >= 0.3 is 0 Å². The molecule has 1 aliphatic heterocycles. The van der Waals surface area contributed by atoms with Gasteiger partial charge in [-0.1, -0.05) is 0 Å². The van der Waals surface area contributed by atoms with Crippen molar-refractivity contribution in [2.24, 2.45) is 0 Å². The van der Waals surface area contributed by atoms with Gasteiger partial charge in [0.2, 0.25) is 5.91 Å². The molecule has 0 aliphatic carbocycles. The van der Waals surface area contributed by atoms with Gasteiger partial charge < -0.3 is 10.6 Å². The summed E-state index contributed by atoms with van der Waals surface area (Å²) in [7, 11) is 0. The van der Waals surface area contributed by atoms with Crippen LogP contribution in [0.3, 0.4) is 0 Å². The van der Waals surface area contributed by atoms with E-state index in [9.17, 15) is 13.6 Å². The second-order valence-corrected chi connectivity index (χ2v) is 6.58. The molecule has 0 fully saturated rings. The predicted molar refractivity (Wildman–Crippen MR) is 99.0 cm³/mol. The molecule has 8 heteroatoms. The van der Waals surface area contributed by atoms with Gasteiger partial charge in [-0.2, -0.15) is 0 Å². The van der Waals surface area contributed by atoms with Crippen molar-refractivity contribution in [3.05, 3.63) is 71.4 Å². The maximum Gasteiger partial charge on any atom is 0.280 e. The molecule has 0 bridgehead atoms. The minimum absolute atomic E-state index is 0.0308. The summed E-state index contributed by atoms with van der Waals surface area (Å²) < 4.78 is 25.7. The molecule has 0 aromatic carbocycles. The number of amides is 1. The largest absolute Gasteiger partial charge is 0.397 e. The number of anilines is 1. The molecule has 2 N–H and O–H groups in total. The van der Waals surface area contributed by atoms with Crippen LogP contribution in [0.15, 0.2) is 48.9 Å². The number of nitrogens with two attached hydrogens (primary N) is 1. The molecule has 0 atom stereocenters. The normalized spacial score (nSPS) is 13.0. The Morgan fingerprint density at radius 1 is 1.18 bits per heavy atom. The molecule has 4 heterocycles. The van der Waals surface area contributed by atoms with Gasteiger partial charge in [-0.3, -0.25) is 19.7 Å². The molecule has 4 rings (SSSR count). The third kappa shape index (κ3) is 3.53. The Morgan fingerprint density at radius 3 is 2.75 bits per heavy atom. The summed E-state index contributed by atoms with van der Waals surface area (Å²) in [6.45, 7) is 0.617. The van der Waals surface area contributed by atoms with E-state index in [2.05, 4.69) is 15.0 Å². The summed E-state index contributed by atoms with van der Waals surface area (Å²) in [5.74, 6) is -0.169. The minimum Gasteiger partial charge on any atom is -0.397 e. The van der Waals surface area contributed by atoms with Crippen molar-refractivity contribution in [3.8, 4) is 11.3 Å². The highest BCUT2D eigenvalue weighted by molar-refractivity contribution is 5.80. The number of carbonyl (C=O) groups excluding carboxylic acids is 1. The number of carbonyl (C=O) groups is 1. The standard InChI is InChI=1S/C20H17F2N5O/c21-20(22)18-6-13-10-27(11-14(13)9-25-18)19(28)7-17-15(23)3-4-16(26-17)12-2-1-5-24-8-12/h1-6,8-9,20H,7,10-11,23H2. The van der Waals surface area contributed by atoms with E-state index in [1.165, 1.54) is 12.3 Å². The lowest BCUT2D eigenvalue weighted by Crippen LogP contribution is -2.27. The van der Waals surface area contributed by atoms with E-state index in [-0.39, 0.29) is 24.6 Å². The van der Waals surface area contributed by atoms with Crippen molar-refractivity contribution in [3.63, 3.8) is 0 Å². The van der Waals surface area contributed by atoms with E-state index < -0.39 is 6.43 Å². The van der Waals surface area contributed by atoms with Crippen molar-refractivity contribution in [1.29, 1.82) is 0 Å². The predicted octanol–water partition coefficient (Wildman–Crippen LogP) is 3.14. The Hall–Kier alpha value is -3.42. The second-order valence-electron chi connectivity index (χ2n) is 6.58. The van der Waals surface area contributed by atoms with Crippen LogP contribution in [0.4, 0.5) is 14.5 Å². The van der Waals surface area contributed by atoms with Crippen LogP contribution in [0.2, 0.25) is 0 Å². The molecule has 142 valence electrons. The van der Waals surface area contributed by atoms with Crippen molar-refractivity contribution < 1.29 is 13.6 Å². The van der Waals surface area contributed by atoms with Gasteiger partial charge in [-0.15, -0.1) is 0 Å². The number of rotatable bonds is 4. The van der Waals surface area contributed by atoms with E-state index >= 15 is 0 Å². The lowest BCUT2D eigenvalue weighted by molar-refractivity contribution is -0.131. The van der Waals surface area contributed by atoms with Crippen LogP contribution < -0.4 is 5.73 Å². The van der Waals surface area contributed by atoms with Gasteiger partial charge in [-0.25, -0.2) is 8.78 Å². The van der Waals surface area contributed by atoms with Crippen molar-refractivity contribution in [2.75, 3.05) is 5.73 Å². The van der Waals surface area contributed by atoms with Crippen LogP contribution in [0.25, 0.3) is 11.3 Å². The molecule has 6 nitrogen and oxygen atoms in total. The summed E-state index contributed by atoms with van der Waals surface area (Å²) in [5, 5.41) is 0. The molecule has 3 aromatic heterocycles. The summed E-state index contributed by atoms with van der Waals surface area (Å²) in [6, 6.07) is 8.55. The number of hydrogen-bond acceptors (Lipinski definition) is 5. The highest BCUT2D eigenvalue weighted by Crippen LogP contribution is 2.27. The maximum absolute atomic E-state index is 12.8. The summed E-state index contributed by atoms with van der Waals surface area (Å²) in [6.07, 6.45) is 2.18. The third-order valence-electron chi connectivity index (χ3n) is 4.69. The van der Waals surface area contributed by atoms with Crippen molar-refractivity contribution in [2.45, 2.75) is 25.9 Å². The third-order valence-corrected chi connectivity index (χ3v) is 4.69. The zero-order valence-electron chi connectivity index (χ0n) is 14.8. The fourth-order valence-electron chi connectivity index (χ4n) is 3.18. The monoisotopic (exact) mass is 381 g/mol. The highest BCUT2D eigenvalue weighted by Gasteiger charge is 2.26. The molecule has 0 radical (unpaired) electrons. The van der Waals surface area contributed by atoms with E-state index in [0.717, 1.165) is 11.1 Å². The van der Waals surface area contributed by atoms with E-state index in [4.69, 9.17) is 5.73 Å². The number of pyridine rings is 3. The molecule has 28 heavy (non-hydrogen) atoms. The average Bonchev–Trinajstić information content (AvgIpc) is 3.14. The molecule has 0 spiro atoms. The number of nitrogens with zero attached hydrogens (tertiary/aromatic N) is 4. The number of fused-ring (bicyclic) bond motifs is 1. The number of aromatic nitrogens is 3. The van der Waals surface area contributed by atoms with Gasteiger partial charge in [-0.05, 0) is 41.5 Å². The molecule has 0 saturated carbocycles. The molecule has 3 aromatic rings.